The van der Waals surface area contributed by atoms with Gasteiger partial charge in [-0.05, 0) is 40.5 Å². The number of aryl methyl sites for hydroxylation is 1. The maximum atomic E-state index is 12.5. The van der Waals surface area contributed by atoms with Gasteiger partial charge in [0.2, 0.25) is 10.0 Å². The molecule has 1 rings (SSSR count). The minimum Gasteiger partial charge on any atom is -0.395 e. The summed E-state index contributed by atoms with van der Waals surface area (Å²) in [5, 5.41) is 8.82. The summed E-state index contributed by atoms with van der Waals surface area (Å²) in [4.78, 5) is -0.294. The molecule has 10 heteroatoms. The second-order valence-electron chi connectivity index (χ2n) is 4.21. The number of aliphatic hydroxyl groups is 1. The van der Waals surface area contributed by atoms with E-state index in [-0.39, 0.29) is 13.7 Å². The van der Waals surface area contributed by atoms with Gasteiger partial charge in [-0.3, -0.25) is 0 Å². The van der Waals surface area contributed by atoms with Gasteiger partial charge in [-0.2, -0.15) is 17.5 Å². The molecular formula is C11H12Br2F3NO3S. The van der Waals surface area contributed by atoms with Crippen LogP contribution in [0, 0.1) is 6.92 Å². The average molecular weight is 455 g/mol. The Hall–Kier alpha value is -0.160. The summed E-state index contributed by atoms with van der Waals surface area (Å²) in [6, 6.07) is 2.72. The highest BCUT2D eigenvalue weighted by atomic mass is 79.9. The molecule has 0 unspecified atom stereocenters. The Bertz CT molecular complexity index is 620. The highest BCUT2D eigenvalue weighted by Gasteiger charge is 2.37. The van der Waals surface area contributed by atoms with E-state index in [4.69, 9.17) is 5.11 Å². The predicted octanol–water partition coefficient (Wildman–Crippen LogP) is 3.07. The normalized spacial score (nSPS) is 13.0. The van der Waals surface area contributed by atoms with Crippen molar-refractivity contribution in [3.8, 4) is 0 Å². The lowest BCUT2D eigenvalue weighted by Crippen LogP contribution is -2.40. The quantitative estimate of drug-likeness (QED) is 0.743. The van der Waals surface area contributed by atoms with Crippen molar-refractivity contribution in [2.75, 3.05) is 19.7 Å². The van der Waals surface area contributed by atoms with Crippen LogP contribution in [-0.2, 0) is 10.0 Å². The van der Waals surface area contributed by atoms with Crippen molar-refractivity contribution in [3.05, 3.63) is 26.6 Å². The molecule has 0 saturated carbocycles. The molecular weight excluding hydrogens is 443 g/mol. The van der Waals surface area contributed by atoms with Crippen LogP contribution in [0.1, 0.15) is 5.56 Å². The van der Waals surface area contributed by atoms with Crippen LogP contribution < -0.4 is 0 Å². The molecule has 0 aliphatic heterocycles. The lowest BCUT2D eigenvalue weighted by atomic mass is 10.2. The Balaban J connectivity index is 3.32. The van der Waals surface area contributed by atoms with Gasteiger partial charge in [0.25, 0.3) is 0 Å². The highest BCUT2D eigenvalue weighted by molar-refractivity contribution is 9.11. The summed E-state index contributed by atoms with van der Waals surface area (Å²) in [6.07, 6.45) is -4.70. The van der Waals surface area contributed by atoms with Crippen molar-refractivity contribution in [1.82, 2.24) is 4.31 Å². The third kappa shape index (κ3) is 4.92. The van der Waals surface area contributed by atoms with E-state index in [1.54, 1.807) is 6.92 Å². The molecule has 0 atom stereocenters. The molecule has 4 nitrogen and oxygen atoms in total. The van der Waals surface area contributed by atoms with Crippen molar-refractivity contribution < 1.29 is 26.7 Å². The Morgan fingerprint density at radius 3 is 2.29 bits per heavy atom. The smallest absolute Gasteiger partial charge is 0.395 e. The fourth-order valence-electron chi connectivity index (χ4n) is 1.56. The van der Waals surface area contributed by atoms with Gasteiger partial charge in [0.15, 0.2) is 0 Å². The first-order valence-corrected chi connectivity index (χ1v) is 8.65. The van der Waals surface area contributed by atoms with Crippen molar-refractivity contribution in [1.29, 1.82) is 0 Å². The third-order valence-corrected chi connectivity index (χ3v) is 6.19. The van der Waals surface area contributed by atoms with Crippen LogP contribution in [0.2, 0.25) is 0 Å². The number of aliphatic hydroxyl groups excluding tert-OH is 1. The number of halogens is 5. The summed E-state index contributed by atoms with van der Waals surface area (Å²) in [7, 11) is -4.39. The molecule has 0 amide bonds. The van der Waals surface area contributed by atoms with Gasteiger partial charge in [0, 0.05) is 15.5 Å². The molecule has 0 saturated heterocycles. The van der Waals surface area contributed by atoms with Crippen molar-refractivity contribution in [3.63, 3.8) is 0 Å². The Morgan fingerprint density at radius 1 is 1.24 bits per heavy atom. The van der Waals surface area contributed by atoms with Gasteiger partial charge < -0.3 is 5.11 Å². The predicted molar refractivity (Wildman–Crippen MR) is 78.5 cm³/mol. The molecule has 0 heterocycles. The van der Waals surface area contributed by atoms with Crippen molar-refractivity contribution >= 4 is 41.9 Å². The van der Waals surface area contributed by atoms with Crippen LogP contribution >= 0.6 is 31.9 Å². The lowest BCUT2D eigenvalue weighted by Gasteiger charge is -2.23. The number of hydrogen-bond donors (Lipinski definition) is 1. The number of alkyl halides is 3. The van der Waals surface area contributed by atoms with Gasteiger partial charge in [-0.15, -0.1) is 0 Å². The molecule has 1 aromatic rings. The zero-order valence-corrected chi connectivity index (χ0v) is 14.8. The van der Waals surface area contributed by atoms with E-state index in [0.29, 0.717) is 4.47 Å². The largest absolute Gasteiger partial charge is 0.402 e. The minimum absolute atomic E-state index is 0.160. The Kier molecular flexibility index (Phi) is 6.25. The van der Waals surface area contributed by atoms with Crippen LogP contribution in [-0.4, -0.2) is 43.7 Å². The fraction of sp³-hybridized carbons (Fsp3) is 0.455. The van der Waals surface area contributed by atoms with E-state index in [1.807, 2.05) is 0 Å². The first-order valence-electron chi connectivity index (χ1n) is 5.62. The Morgan fingerprint density at radius 2 is 1.81 bits per heavy atom. The summed E-state index contributed by atoms with van der Waals surface area (Å²) < 4.78 is 63.0. The molecule has 0 radical (unpaired) electrons. The zero-order valence-electron chi connectivity index (χ0n) is 10.8. The lowest BCUT2D eigenvalue weighted by molar-refractivity contribution is -0.136. The molecule has 0 aliphatic carbocycles. The molecule has 0 spiro atoms. The number of benzene rings is 1. The van der Waals surface area contributed by atoms with Crippen LogP contribution in [0.15, 0.2) is 26.0 Å². The standard InChI is InChI=1S/C11H12Br2F3NO3S/c1-7-4-9(13)10(5-8(7)12)21(19,20)17(2-3-18)6-11(14,15)16/h4-5,18H,2-3,6H2,1H3. The summed E-state index contributed by atoms with van der Waals surface area (Å²) >= 11 is 6.19. The van der Waals surface area contributed by atoms with Crippen molar-refractivity contribution in [2.24, 2.45) is 0 Å². The fourth-order valence-corrected chi connectivity index (χ4v) is 4.62. The average Bonchev–Trinajstić information content (AvgIpc) is 2.31. The van der Waals surface area contributed by atoms with Gasteiger partial charge in [0.05, 0.1) is 11.5 Å². The number of rotatable bonds is 5. The van der Waals surface area contributed by atoms with E-state index in [1.165, 1.54) is 12.1 Å². The van der Waals surface area contributed by atoms with E-state index < -0.39 is 35.9 Å². The molecule has 0 fully saturated rings. The van der Waals surface area contributed by atoms with Gasteiger partial charge >= 0.3 is 6.18 Å². The molecule has 0 bridgehead atoms. The van der Waals surface area contributed by atoms with Gasteiger partial charge in [-0.1, -0.05) is 15.9 Å². The van der Waals surface area contributed by atoms with Crippen LogP contribution in [0.5, 0.6) is 0 Å². The van der Waals surface area contributed by atoms with Gasteiger partial charge in [0.1, 0.15) is 6.54 Å². The molecule has 0 aromatic heterocycles. The van der Waals surface area contributed by atoms with Crippen LogP contribution in [0.3, 0.4) is 0 Å². The van der Waals surface area contributed by atoms with E-state index in [0.717, 1.165) is 5.56 Å². The van der Waals surface area contributed by atoms with E-state index in [9.17, 15) is 21.6 Å². The summed E-state index contributed by atoms with van der Waals surface area (Å²) in [5.74, 6) is 0. The number of hydrogen-bond acceptors (Lipinski definition) is 3. The number of sulfonamides is 1. The Labute approximate surface area is 137 Å². The minimum atomic E-state index is -4.70. The first kappa shape index (κ1) is 18.9. The van der Waals surface area contributed by atoms with Gasteiger partial charge in [-0.25, -0.2) is 8.42 Å². The SMILES string of the molecule is Cc1cc(Br)c(S(=O)(=O)N(CCO)CC(F)(F)F)cc1Br. The molecule has 120 valence electrons. The monoisotopic (exact) mass is 453 g/mol. The van der Waals surface area contributed by atoms with Crippen molar-refractivity contribution in [2.45, 2.75) is 18.0 Å². The first-order chi connectivity index (χ1) is 9.49. The second-order valence-corrected chi connectivity index (χ2v) is 7.82. The third-order valence-electron chi connectivity index (χ3n) is 2.54. The summed E-state index contributed by atoms with van der Waals surface area (Å²) in [5.41, 5.74) is 0.727. The molecule has 1 N–H and O–H groups in total. The topological polar surface area (TPSA) is 57.6 Å². The summed E-state index contributed by atoms with van der Waals surface area (Å²) in [6.45, 7) is -1.29. The maximum absolute atomic E-state index is 12.5. The van der Waals surface area contributed by atoms with E-state index in [2.05, 4.69) is 31.9 Å². The van der Waals surface area contributed by atoms with Crippen LogP contribution in [0.4, 0.5) is 13.2 Å². The molecule has 0 aliphatic rings. The molecule has 21 heavy (non-hydrogen) atoms. The van der Waals surface area contributed by atoms with Crippen LogP contribution in [0.25, 0.3) is 0 Å². The molecule has 1 aromatic carbocycles. The van der Waals surface area contributed by atoms with E-state index >= 15 is 0 Å². The zero-order chi connectivity index (χ0) is 16.4. The second kappa shape index (κ2) is 6.95. The highest BCUT2D eigenvalue weighted by Crippen LogP contribution is 2.32. The number of nitrogens with zero attached hydrogens (tertiary/aromatic N) is 1. The maximum Gasteiger partial charge on any atom is 0.402 e.